The largest absolute Gasteiger partial charge is 1.00 e. The van der Waals surface area contributed by atoms with Crippen LogP contribution in [0.3, 0.4) is 0 Å². The summed E-state index contributed by atoms with van der Waals surface area (Å²) in [6, 6.07) is -0.108. The maximum Gasteiger partial charge on any atom is 1.00 e. The van der Waals surface area contributed by atoms with E-state index < -0.39 is 56.5 Å². The minimum Gasteiger partial charge on any atom is -1.00 e. The van der Waals surface area contributed by atoms with E-state index in [0.717, 1.165) is 6.54 Å². The third kappa shape index (κ3) is 21.8. The van der Waals surface area contributed by atoms with Crippen LogP contribution in [0.1, 0.15) is 80.6 Å². The van der Waals surface area contributed by atoms with Crippen molar-refractivity contribution in [3.8, 4) is 0 Å². The number of nitrogens with one attached hydrogen (secondary N) is 3. The van der Waals surface area contributed by atoms with Crippen molar-refractivity contribution in [1.82, 2.24) is 16.0 Å². The van der Waals surface area contributed by atoms with Gasteiger partial charge in [0.2, 0.25) is 17.7 Å². The second-order valence-electron chi connectivity index (χ2n) is 13.6. The minimum atomic E-state index is -4.62. The fourth-order valence-electron chi connectivity index (χ4n) is 4.88. The number of halogens is 1. The normalized spacial score (nSPS) is 15.2. The molecule has 4 atom stereocenters. The number of hydrogen-bond acceptors (Lipinski definition) is 8. The van der Waals surface area contributed by atoms with Crippen molar-refractivity contribution in [2.24, 2.45) is 23.2 Å². The number of carboxylic acids is 1. The molecule has 0 bridgehead atoms. The number of quaternary nitrogens is 1. The average Bonchev–Trinajstić information content (AvgIpc) is 2.76. The van der Waals surface area contributed by atoms with Gasteiger partial charge < -0.3 is 47.3 Å². The summed E-state index contributed by atoms with van der Waals surface area (Å²) >= 11 is 0. The molecule has 0 aromatic heterocycles. The van der Waals surface area contributed by atoms with E-state index in [1.807, 2.05) is 41.9 Å². The van der Waals surface area contributed by atoms with E-state index in [2.05, 4.69) is 16.0 Å². The first-order valence-corrected chi connectivity index (χ1v) is 15.8. The summed E-state index contributed by atoms with van der Waals surface area (Å²) in [4.78, 5) is 51.5. The summed E-state index contributed by atoms with van der Waals surface area (Å²) in [6.45, 7) is 12.6. The van der Waals surface area contributed by atoms with Crippen molar-refractivity contribution in [2.45, 2.75) is 92.2 Å². The summed E-state index contributed by atoms with van der Waals surface area (Å²) in [5.41, 5.74) is -2.62. The fraction of sp³-hybridized carbons (Fsp3) is 0.857. The minimum absolute atomic E-state index is 0. The maximum atomic E-state index is 13.6. The summed E-state index contributed by atoms with van der Waals surface area (Å²) in [5.74, 6) is -6.14. The van der Waals surface area contributed by atoms with E-state index in [-0.39, 0.29) is 109 Å². The Bertz CT molecular complexity index is 1030. The molecule has 44 heavy (non-hydrogen) atoms. The molecule has 0 spiro atoms. The van der Waals surface area contributed by atoms with E-state index in [4.69, 9.17) is 0 Å². The molecule has 0 saturated carbocycles. The van der Waals surface area contributed by atoms with Crippen LogP contribution in [0.25, 0.3) is 0 Å². The van der Waals surface area contributed by atoms with Gasteiger partial charge in [-0.3, -0.25) is 14.4 Å². The molecule has 12 nitrogen and oxygen atoms in total. The van der Waals surface area contributed by atoms with Crippen LogP contribution >= 0.6 is 0 Å². The van der Waals surface area contributed by atoms with Crippen LogP contribution in [0.15, 0.2) is 0 Å². The van der Waals surface area contributed by atoms with Crippen LogP contribution in [0, 0.1) is 23.2 Å². The molecule has 4 unspecified atom stereocenters. The molecule has 0 aliphatic rings. The Kier molecular flexibility index (Phi) is 25.2. The smallest absolute Gasteiger partial charge is 1.00 e. The first kappa shape index (κ1) is 50.9. The molecule has 16 heteroatoms. The van der Waals surface area contributed by atoms with Crippen molar-refractivity contribution < 1.29 is 113 Å². The SMILES string of the molecule is CCC(CC(C)(CC(CC(C)C(=O)NC(C)(C)CS(=O)(=O)[O-])C(=O)[O-])C(=O)NCCC[N+](C)(C)C)C(=O)NC(C)C.[Cl-].[Na+].[Na+]. The van der Waals surface area contributed by atoms with Gasteiger partial charge in [-0.2, -0.15) is 0 Å². The Morgan fingerprint density at radius 2 is 1.41 bits per heavy atom. The van der Waals surface area contributed by atoms with Gasteiger partial charge in [0.1, 0.15) is 0 Å². The third-order valence-electron chi connectivity index (χ3n) is 6.95. The zero-order valence-electron chi connectivity index (χ0n) is 29.0. The first-order chi connectivity index (χ1) is 18.4. The molecule has 248 valence electrons. The van der Waals surface area contributed by atoms with Gasteiger partial charge in [-0.25, -0.2) is 8.42 Å². The van der Waals surface area contributed by atoms with Gasteiger partial charge in [0.25, 0.3) is 0 Å². The molecule has 0 fully saturated rings. The number of hydrogen-bond donors (Lipinski definition) is 3. The van der Waals surface area contributed by atoms with E-state index in [1.54, 1.807) is 6.92 Å². The van der Waals surface area contributed by atoms with Gasteiger partial charge in [0.05, 0.1) is 43.6 Å². The van der Waals surface area contributed by atoms with E-state index >= 15 is 0 Å². The standard InChI is InChI=1S/C28H54N4O8S.ClH.2Na/c1-11-21(24(34)30-19(2)3)16-28(7,26(37)29-13-12-14-32(8,9)10)17-22(25(35)36)15-20(4)23(33)31-27(5,6)18-41(38,39)40;;;/h19-22H,11-18H2,1-10H3,(H4-,29,30,31,33,34,35,36,37,38,39,40);1H;;/q;;2*+1/p-2. The average molecular weight is 687 g/mol. The van der Waals surface area contributed by atoms with Crippen molar-refractivity contribution in [3.63, 3.8) is 0 Å². The van der Waals surface area contributed by atoms with E-state index in [0.29, 0.717) is 23.9 Å². The van der Waals surface area contributed by atoms with Crippen LogP contribution in [0.2, 0.25) is 0 Å². The summed E-state index contributed by atoms with van der Waals surface area (Å²) in [6.07, 6.45) is 0.884. The van der Waals surface area contributed by atoms with Gasteiger partial charge in [0.15, 0.2) is 0 Å². The molecular formula is C28H53ClN4Na2O8S. The van der Waals surface area contributed by atoms with Crippen molar-refractivity contribution in [3.05, 3.63) is 0 Å². The number of carboxylic acid groups (broad SMARTS) is 1. The van der Waals surface area contributed by atoms with Crippen molar-refractivity contribution in [1.29, 1.82) is 0 Å². The van der Waals surface area contributed by atoms with Gasteiger partial charge in [-0.05, 0) is 53.4 Å². The number of rotatable bonds is 19. The molecule has 0 heterocycles. The van der Waals surface area contributed by atoms with Gasteiger partial charge >= 0.3 is 59.1 Å². The molecule has 0 rings (SSSR count). The Hall–Kier alpha value is 0.0400. The third-order valence-corrected chi connectivity index (χ3v) is 8.02. The van der Waals surface area contributed by atoms with Gasteiger partial charge in [-0.15, -0.1) is 0 Å². The monoisotopic (exact) mass is 686 g/mol. The molecule has 0 aromatic rings. The van der Waals surface area contributed by atoms with Crippen LogP contribution in [-0.4, -0.2) is 92.7 Å². The number of nitrogens with zero attached hydrogens (tertiary/aromatic N) is 1. The fourth-order valence-corrected chi connectivity index (χ4v) is 5.84. The Morgan fingerprint density at radius 1 is 0.909 bits per heavy atom. The molecule has 3 N–H and O–H groups in total. The number of amides is 3. The van der Waals surface area contributed by atoms with Gasteiger partial charge in [0, 0.05) is 53.7 Å². The Balaban J connectivity index is -0.00000267. The molecule has 0 aliphatic carbocycles. The zero-order chi connectivity index (χ0) is 32.4. The zero-order valence-corrected chi connectivity index (χ0v) is 34.5. The topological polar surface area (TPSA) is 185 Å². The van der Waals surface area contributed by atoms with Crippen molar-refractivity contribution in [2.75, 3.05) is 40.0 Å². The van der Waals surface area contributed by atoms with Crippen molar-refractivity contribution >= 4 is 33.8 Å². The van der Waals surface area contributed by atoms with Crippen LogP contribution in [-0.2, 0) is 29.3 Å². The predicted octanol–water partition coefficient (Wildman–Crippen LogP) is -8.62. The van der Waals surface area contributed by atoms with Crippen LogP contribution in [0.4, 0.5) is 0 Å². The Labute approximate surface area is 315 Å². The summed E-state index contributed by atoms with van der Waals surface area (Å²) in [7, 11) is 1.49. The summed E-state index contributed by atoms with van der Waals surface area (Å²) < 4.78 is 34.3. The Morgan fingerprint density at radius 3 is 1.82 bits per heavy atom. The first-order valence-electron chi connectivity index (χ1n) is 14.3. The van der Waals surface area contributed by atoms with E-state index in [9.17, 15) is 37.3 Å². The van der Waals surface area contributed by atoms with Crippen LogP contribution in [0.5, 0.6) is 0 Å². The molecule has 0 aromatic carbocycles. The van der Waals surface area contributed by atoms with Crippen LogP contribution < -0.4 is 92.6 Å². The quantitative estimate of drug-likeness (QED) is 0.0518. The summed E-state index contributed by atoms with van der Waals surface area (Å²) in [5, 5.41) is 20.5. The maximum absolute atomic E-state index is 13.6. The second kappa shape index (κ2) is 21.8. The molecule has 3 amide bonds. The predicted molar refractivity (Wildman–Crippen MR) is 154 cm³/mol. The molecular weight excluding hydrogens is 634 g/mol. The number of carbonyl (C=O) groups excluding carboxylic acids is 4. The second-order valence-corrected chi connectivity index (χ2v) is 15.0. The number of carbonyl (C=O) groups is 4. The van der Waals surface area contributed by atoms with Gasteiger partial charge in [-0.1, -0.05) is 20.8 Å². The number of aliphatic carboxylic acids is 1. The molecule has 0 aliphatic heterocycles. The van der Waals surface area contributed by atoms with E-state index in [1.165, 1.54) is 20.8 Å². The molecule has 0 saturated heterocycles. The molecule has 0 radical (unpaired) electrons.